The van der Waals surface area contributed by atoms with Crippen molar-refractivity contribution in [1.29, 1.82) is 0 Å². The smallest absolute Gasteiger partial charge is 0.305 e. The normalized spacial score (nSPS) is 16.4. The summed E-state index contributed by atoms with van der Waals surface area (Å²) in [4.78, 5) is 15.6. The number of nitrogens with zero attached hydrogens (tertiary/aromatic N) is 1. The highest BCUT2D eigenvalue weighted by Gasteiger charge is 2.42. The van der Waals surface area contributed by atoms with Crippen LogP contribution in [0.15, 0.2) is 10.7 Å². The fourth-order valence-corrected chi connectivity index (χ4v) is 3.98. The molecule has 0 amide bonds. The Morgan fingerprint density at radius 3 is 2.24 bits per heavy atom. The predicted molar refractivity (Wildman–Crippen MR) is 101 cm³/mol. The zero-order valence-electron chi connectivity index (χ0n) is 15.7. The van der Waals surface area contributed by atoms with Crippen molar-refractivity contribution in [2.75, 3.05) is 0 Å². The first-order valence-corrected chi connectivity index (χ1v) is 9.81. The number of rotatable bonds is 5. The molecule has 142 valence electrons. The Morgan fingerprint density at radius 2 is 1.84 bits per heavy atom. The third-order valence-corrected chi connectivity index (χ3v) is 5.99. The van der Waals surface area contributed by atoms with Gasteiger partial charge in [0.05, 0.1) is 6.42 Å². The maximum absolute atomic E-state index is 14.8. The van der Waals surface area contributed by atoms with E-state index in [4.69, 9.17) is 0 Å². The molecule has 0 saturated heterocycles. The molecule has 8 heteroatoms. The number of carboxylic acid groups (broad SMARTS) is 1. The first kappa shape index (κ1) is 22.3. The second-order valence-electron chi connectivity index (χ2n) is 8.29. The summed E-state index contributed by atoms with van der Waals surface area (Å²) in [5.74, 6) is -1.77. The van der Waals surface area contributed by atoms with E-state index < -0.39 is 39.9 Å². The second-order valence-corrected chi connectivity index (χ2v) is 11.0. The summed E-state index contributed by atoms with van der Waals surface area (Å²) in [5.41, 5.74) is -1.17. The van der Waals surface area contributed by atoms with E-state index in [9.17, 15) is 18.8 Å². The monoisotopic (exact) mass is 436 g/mol. The van der Waals surface area contributed by atoms with Crippen LogP contribution in [0.5, 0.6) is 0 Å². The molecule has 0 radical (unpaired) electrons. The highest BCUT2D eigenvalue weighted by atomic mass is 79.9. The number of pyridine rings is 1. The van der Waals surface area contributed by atoms with Crippen molar-refractivity contribution in [1.82, 2.24) is 9.71 Å². The highest BCUT2D eigenvalue weighted by Crippen LogP contribution is 2.35. The Labute approximate surface area is 160 Å². The maximum atomic E-state index is 14.8. The third kappa shape index (κ3) is 5.64. The van der Waals surface area contributed by atoms with Crippen molar-refractivity contribution in [3.05, 3.63) is 27.7 Å². The number of hydrogen-bond acceptors (Lipinski definition) is 4. The number of hydrogen-bond donors (Lipinski definition) is 2. The molecule has 1 aromatic rings. The van der Waals surface area contributed by atoms with Gasteiger partial charge in [-0.1, -0.05) is 20.8 Å². The van der Waals surface area contributed by atoms with Crippen molar-refractivity contribution >= 4 is 33.3 Å². The lowest BCUT2D eigenvalue weighted by Crippen LogP contribution is -2.51. The molecule has 0 aliphatic carbocycles. The van der Waals surface area contributed by atoms with Crippen LogP contribution in [-0.4, -0.2) is 25.4 Å². The van der Waals surface area contributed by atoms with Gasteiger partial charge in [0.15, 0.2) is 0 Å². The fraction of sp³-hybridized carbons (Fsp3) is 0.647. The van der Waals surface area contributed by atoms with E-state index in [0.717, 1.165) is 0 Å². The summed E-state index contributed by atoms with van der Waals surface area (Å²) in [6.45, 7) is 12.5. The van der Waals surface area contributed by atoms with Gasteiger partial charge in [0.2, 0.25) is 0 Å². The van der Waals surface area contributed by atoms with Crippen molar-refractivity contribution in [3.8, 4) is 0 Å². The molecule has 0 aromatic carbocycles. The van der Waals surface area contributed by atoms with Crippen molar-refractivity contribution < 1.29 is 18.8 Å². The summed E-state index contributed by atoms with van der Waals surface area (Å²) < 4.78 is 29.9. The highest BCUT2D eigenvalue weighted by molar-refractivity contribution is 9.10. The van der Waals surface area contributed by atoms with Gasteiger partial charge in [-0.05, 0) is 60.7 Å². The van der Waals surface area contributed by atoms with Crippen LogP contribution in [0.3, 0.4) is 0 Å². The second kappa shape index (κ2) is 7.50. The van der Waals surface area contributed by atoms with Crippen LogP contribution >= 0.6 is 15.9 Å². The summed E-state index contributed by atoms with van der Waals surface area (Å²) in [7, 11) is 0. The molecule has 1 unspecified atom stereocenters. The van der Waals surface area contributed by atoms with Crippen LogP contribution in [0, 0.1) is 5.82 Å². The van der Waals surface area contributed by atoms with Crippen LogP contribution in [0.2, 0.25) is 0 Å². The summed E-state index contributed by atoms with van der Waals surface area (Å²) in [5, 5.41) is 9.27. The van der Waals surface area contributed by atoms with E-state index in [1.807, 2.05) is 20.8 Å². The summed E-state index contributed by atoms with van der Waals surface area (Å²) in [6.07, 6.45) is -0.458. The van der Waals surface area contributed by atoms with Crippen molar-refractivity contribution in [2.45, 2.75) is 70.6 Å². The van der Waals surface area contributed by atoms with Gasteiger partial charge >= 0.3 is 5.97 Å². The quantitative estimate of drug-likeness (QED) is 0.537. The van der Waals surface area contributed by atoms with E-state index in [0.29, 0.717) is 10.2 Å². The largest absolute Gasteiger partial charge is 0.598 e. The van der Waals surface area contributed by atoms with Gasteiger partial charge in [-0.2, -0.15) is 0 Å². The molecular weight excluding hydrogens is 411 g/mol. The Morgan fingerprint density at radius 1 is 1.32 bits per heavy atom. The standard InChI is InChI=1S/C17H26BrFN2O3S/c1-15(2,3)10-8-11(19)13(20-14(10)18)17(7,9-12(22)23)21-25(24)16(4,5)6/h8,21H,9H2,1-7H3,(H,22,23)/t17?,25-/m1/s1. The van der Waals surface area contributed by atoms with Crippen molar-refractivity contribution in [3.63, 3.8) is 0 Å². The van der Waals surface area contributed by atoms with E-state index >= 15 is 0 Å². The van der Waals surface area contributed by atoms with Crippen molar-refractivity contribution in [2.24, 2.45) is 0 Å². The van der Waals surface area contributed by atoms with Gasteiger partial charge in [-0.3, -0.25) is 4.79 Å². The molecule has 0 fully saturated rings. The number of halogens is 2. The van der Waals surface area contributed by atoms with Gasteiger partial charge in [0.1, 0.15) is 26.4 Å². The first-order valence-electron chi connectivity index (χ1n) is 7.86. The lowest BCUT2D eigenvalue weighted by atomic mass is 9.86. The molecule has 5 nitrogen and oxygen atoms in total. The van der Waals surface area contributed by atoms with Crippen LogP contribution in [0.1, 0.15) is 66.1 Å². The molecule has 0 spiro atoms. The molecular formula is C17H26BrFN2O3S. The molecule has 0 aliphatic heterocycles. The number of carboxylic acids is 1. The molecule has 0 bridgehead atoms. The van der Waals surface area contributed by atoms with Crippen LogP contribution in [-0.2, 0) is 27.1 Å². The molecule has 1 rings (SSSR count). The van der Waals surface area contributed by atoms with Crippen LogP contribution < -0.4 is 4.72 Å². The van der Waals surface area contributed by atoms with Gasteiger partial charge in [0, 0.05) is 11.4 Å². The zero-order valence-corrected chi connectivity index (χ0v) is 18.1. The molecule has 25 heavy (non-hydrogen) atoms. The average molecular weight is 437 g/mol. The van der Waals surface area contributed by atoms with Gasteiger partial charge in [0.25, 0.3) is 0 Å². The van der Waals surface area contributed by atoms with E-state index in [-0.39, 0.29) is 11.1 Å². The number of aliphatic carboxylic acids is 1. The predicted octanol–water partition coefficient (Wildman–Crippen LogP) is 4.02. The maximum Gasteiger partial charge on any atom is 0.305 e. The molecule has 1 heterocycles. The number of nitrogens with one attached hydrogen (secondary N) is 1. The minimum atomic E-state index is -1.60. The molecule has 0 saturated carbocycles. The fourth-order valence-electron chi connectivity index (χ4n) is 2.21. The first-order chi connectivity index (χ1) is 11.1. The van der Waals surface area contributed by atoms with Gasteiger partial charge in [-0.25, -0.2) is 9.37 Å². The molecule has 2 atom stereocenters. The van der Waals surface area contributed by atoms with Gasteiger partial charge in [-0.15, -0.1) is 4.72 Å². The Kier molecular flexibility index (Phi) is 6.70. The Bertz CT molecular complexity index is 659. The molecule has 0 aliphatic rings. The van der Waals surface area contributed by atoms with Gasteiger partial charge < -0.3 is 9.66 Å². The minimum absolute atomic E-state index is 0.0765. The number of carbonyl (C=O) groups is 1. The Hall–Kier alpha value is -0.700. The SMILES string of the molecule is CC(C)(C)c1cc(F)c(C(C)(CC(=O)O)N[S@+]([O-])C(C)(C)C)nc1Br. The topological polar surface area (TPSA) is 85.3 Å². The summed E-state index contributed by atoms with van der Waals surface area (Å²) >= 11 is 1.76. The molecule has 2 N–H and O–H groups in total. The van der Waals surface area contributed by atoms with Crippen LogP contribution in [0.25, 0.3) is 0 Å². The lowest BCUT2D eigenvalue weighted by molar-refractivity contribution is -0.138. The minimum Gasteiger partial charge on any atom is -0.598 e. The van der Waals surface area contributed by atoms with E-state index in [1.54, 1.807) is 20.8 Å². The average Bonchev–Trinajstić information content (AvgIpc) is 2.37. The lowest BCUT2D eigenvalue weighted by Gasteiger charge is -2.34. The Balaban J connectivity index is 3.46. The van der Waals surface area contributed by atoms with Crippen LogP contribution in [0.4, 0.5) is 4.39 Å². The van der Waals surface area contributed by atoms with E-state index in [2.05, 4.69) is 25.6 Å². The third-order valence-electron chi connectivity index (χ3n) is 3.64. The van der Waals surface area contributed by atoms with E-state index in [1.165, 1.54) is 13.0 Å². The summed E-state index contributed by atoms with van der Waals surface area (Å²) in [6, 6.07) is 1.36. The molecule has 1 aromatic heterocycles. The zero-order chi connectivity index (χ0) is 19.8. The number of aromatic nitrogens is 1.